The molecule has 2 fully saturated rings. The minimum absolute atomic E-state index is 0. The fraction of sp³-hybridized carbons (Fsp3) is 0.579. The minimum atomic E-state index is 0. The summed E-state index contributed by atoms with van der Waals surface area (Å²) in [6, 6.07) is 7.90. The molecule has 0 radical (unpaired) electrons. The van der Waals surface area contributed by atoms with Gasteiger partial charge in [0, 0.05) is 36.0 Å². The number of rotatable bonds is 4. The molecule has 1 aromatic carbocycles. The molecule has 1 aromatic rings. The van der Waals surface area contributed by atoms with Gasteiger partial charge in [-0.05, 0) is 37.1 Å². The number of hydrogen-bond donors (Lipinski definition) is 1. The molecule has 1 N–H and O–H groups in total. The van der Waals surface area contributed by atoms with E-state index in [1.54, 1.807) is 23.9 Å². The number of anilines is 1. The van der Waals surface area contributed by atoms with E-state index in [1.165, 1.54) is 38.5 Å². The molecule has 0 bridgehead atoms. The summed E-state index contributed by atoms with van der Waals surface area (Å²) in [5, 5.41) is 4.73. The summed E-state index contributed by atoms with van der Waals surface area (Å²) in [5.74, 6) is 0.964. The van der Waals surface area contributed by atoms with Gasteiger partial charge in [0.1, 0.15) is 0 Å². The van der Waals surface area contributed by atoms with Crippen LogP contribution in [0.25, 0.3) is 0 Å². The molecule has 1 saturated heterocycles. The van der Waals surface area contributed by atoms with Crippen molar-refractivity contribution in [2.24, 2.45) is 4.99 Å². The normalized spacial score (nSPS) is 22.8. The first-order chi connectivity index (χ1) is 12.1. The lowest BCUT2D eigenvalue weighted by Gasteiger charge is -2.21. The number of amidine groups is 1. The summed E-state index contributed by atoms with van der Waals surface area (Å²) in [7, 11) is 2.07. The highest BCUT2D eigenvalue weighted by Crippen LogP contribution is 2.28. The summed E-state index contributed by atoms with van der Waals surface area (Å²) in [6.45, 7) is 0. The highest BCUT2D eigenvalue weighted by atomic mass is 35.5. The van der Waals surface area contributed by atoms with Crippen molar-refractivity contribution in [1.29, 1.82) is 0 Å². The first-order valence-corrected chi connectivity index (χ1v) is 10.5. The summed E-state index contributed by atoms with van der Waals surface area (Å²) in [4.78, 5) is 19.5. The lowest BCUT2D eigenvalue weighted by Crippen LogP contribution is -2.34. The van der Waals surface area contributed by atoms with Crippen molar-refractivity contribution < 1.29 is 4.79 Å². The molecule has 26 heavy (non-hydrogen) atoms. The molecule has 1 unspecified atom stereocenters. The van der Waals surface area contributed by atoms with E-state index < -0.39 is 0 Å². The predicted octanol–water partition coefficient (Wildman–Crippen LogP) is 5.22. The van der Waals surface area contributed by atoms with Crippen LogP contribution in [-0.2, 0) is 4.79 Å². The van der Waals surface area contributed by atoms with E-state index in [0.717, 1.165) is 16.6 Å². The number of halogens is 2. The molecule has 0 spiro atoms. The van der Waals surface area contributed by atoms with Gasteiger partial charge < -0.3 is 10.2 Å². The summed E-state index contributed by atoms with van der Waals surface area (Å²) in [6.07, 6.45) is 8.18. The van der Waals surface area contributed by atoms with Crippen LogP contribution in [0.15, 0.2) is 29.3 Å². The van der Waals surface area contributed by atoms with Gasteiger partial charge in [0.2, 0.25) is 5.91 Å². The van der Waals surface area contributed by atoms with Gasteiger partial charge >= 0.3 is 0 Å². The standard InChI is InChI=1S/C19H26ClN3OS.ClH/c1-23-17(12-18(24)21-16-10-8-14(20)9-11-16)13-25-19(23)22-15-6-4-2-3-5-7-15;/h8-11,15,17H,2-7,12-13H2,1H3,(H,21,24);1H/b22-19-;. The summed E-state index contributed by atoms with van der Waals surface area (Å²) >= 11 is 7.66. The third-order valence-corrected chi connectivity index (χ3v) is 6.38. The van der Waals surface area contributed by atoms with Gasteiger partial charge in [0.25, 0.3) is 0 Å². The SMILES string of the molecule is CN1/C(=N/C2CCCCCC2)SCC1CC(=O)Nc1ccc(Cl)cc1.Cl. The largest absolute Gasteiger partial charge is 0.350 e. The van der Waals surface area contributed by atoms with Gasteiger partial charge in [-0.1, -0.05) is 49.0 Å². The van der Waals surface area contributed by atoms with Crippen LogP contribution in [-0.4, -0.2) is 40.9 Å². The van der Waals surface area contributed by atoms with E-state index in [1.807, 2.05) is 12.1 Å². The number of carbonyl (C=O) groups excluding carboxylic acids is 1. The topological polar surface area (TPSA) is 44.7 Å². The second kappa shape index (κ2) is 10.4. The second-order valence-corrected chi connectivity index (χ2v) is 8.32. The van der Waals surface area contributed by atoms with Gasteiger partial charge in [-0.15, -0.1) is 12.4 Å². The van der Waals surface area contributed by atoms with Gasteiger partial charge in [0.15, 0.2) is 5.17 Å². The number of benzene rings is 1. The highest BCUT2D eigenvalue weighted by Gasteiger charge is 2.29. The Bertz CT molecular complexity index is 616. The van der Waals surface area contributed by atoms with E-state index in [-0.39, 0.29) is 24.4 Å². The van der Waals surface area contributed by atoms with Crippen LogP contribution in [0.2, 0.25) is 5.02 Å². The fourth-order valence-electron chi connectivity index (χ4n) is 3.37. The average Bonchev–Trinajstić information content (AvgIpc) is 2.79. The van der Waals surface area contributed by atoms with Crippen molar-refractivity contribution in [2.45, 2.75) is 57.0 Å². The maximum atomic E-state index is 12.3. The Hall–Kier alpha value is -0.910. The van der Waals surface area contributed by atoms with Crippen LogP contribution in [0.4, 0.5) is 5.69 Å². The minimum Gasteiger partial charge on any atom is -0.350 e. The van der Waals surface area contributed by atoms with Crippen LogP contribution in [0.5, 0.6) is 0 Å². The third-order valence-electron chi connectivity index (χ3n) is 4.92. The Labute approximate surface area is 171 Å². The number of thioether (sulfide) groups is 1. The second-order valence-electron chi connectivity index (χ2n) is 6.89. The molecule has 1 saturated carbocycles. The van der Waals surface area contributed by atoms with Gasteiger partial charge in [-0.3, -0.25) is 9.79 Å². The van der Waals surface area contributed by atoms with Gasteiger partial charge in [-0.25, -0.2) is 0 Å². The van der Waals surface area contributed by atoms with E-state index in [2.05, 4.69) is 17.3 Å². The zero-order valence-corrected chi connectivity index (χ0v) is 17.5. The first-order valence-electron chi connectivity index (χ1n) is 9.10. The van der Waals surface area contributed by atoms with Crippen molar-refractivity contribution in [3.63, 3.8) is 0 Å². The Morgan fingerprint density at radius 1 is 1.23 bits per heavy atom. The van der Waals surface area contributed by atoms with Crippen LogP contribution in [0, 0.1) is 0 Å². The third kappa shape index (κ3) is 6.07. The van der Waals surface area contributed by atoms with E-state index in [4.69, 9.17) is 16.6 Å². The van der Waals surface area contributed by atoms with Crippen LogP contribution >= 0.6 is 35.8 Å². The van der Waals surface area contributed by atoms with E-state index in [0.29, 0.717) is 17.5 Å². The molecule has 7 heteroatoms. The van der Waals surface area contributed by atoms with Gasteiger partial charge in [0.05, 0.1) is 6.04 Å². The molecule has 3 rings (SSSR count). The first kappa shape index (κ1) is 21.4. The average molecular weight is 416 g/mol. The number of hydrogen-bond acceptors (Lipinski definition) is 3. The quantitative estimate of drug-likeness (QED) is 0.685. The maximum Gasteiger partial charge on any atom is 0.226 e. The van der Waals surface area contributed by atoms with Crippen LogP contribution in [0.1, 0.15) is 44.9 Å². The van der Waals surface area contributed by atoms with Crippen LogP contribution in [0.3, 0.4) is 0 Å². The van der Waals surface area contributed by atoms with Crippen molar-refractivity contribution in [1.82, 2.24) is 4.90 Å². The van der Waals surface area contributed by atoms with Crippen molar-refractivity contribution in [2.75, 3.05) is 18.1 Å². The molecule has 2 aliphatic rings. The van der Waals surface area contributed by atoms with E-state index in [9.17, 15) is 4.79 Å². The smallest absolute Gasteiger partial charge is 0.226 e. The lowest BCUT2D eigenvalue weighted by molar-refractivity contribution is -0.116. The molecule has 144 valence electrons. The number of nitrogens with one attached hydrogen (secondary N) is 1. The molecule has 1 aliphatic heterocycles. The predicted molar refractivity (Wildman–Crippen MR) is 115 cm³/mol. The Morgan fingerprint density at radius 2 is 1.88 bits per heavy atom. The fourth-order valence-corrected chi connectivity index (χ4v) is 4.75. The number of nitrogens with zero attached hydrogens (tertiary/aromatic N) is 2. The zero-order valence-electron chi connectivity index (χ0n) is 15.1. The Kier molecular flexibility index (Phi) is 8.58. The van der Waals surface area contributed by atoms with Crippen molar-refractivity contribution in [3.05, 3.63) is 29.3 Å². The number of amides is 1. The maximum absolute atomic E-state index is 12.3. The molecule has 0 aromatic heterocycles. The molecule has 1 atom stereocenters. The monoisotopic (exact) mass is 415 g/mol. The Balaban J connectivity index is 0.00000243. The summed E-state index contributed by atoms with van der Waals surface area (Å²) in [5.41, 5.74) is 0.787. The highest BCUT2D eigenvalue weighted by molar-refractivity contribution is 8.14. The van der Waals surface area contributed by atoms with E-state index >= 15 is 0 Å². The van der Waals surface area contributed by atoms with Crippen LogP contribution < -0.4 is 5.32 Å². The molecule has 4 nitrogen and oxygen atoms in total. The molecule has 1 amide bonds. The molecule has 1 aliphatic carbocycles. The number of aliphatic imine (C=N–C) groups is 1. The molecule has 1 heterocycles. The number of carbonyl (C=O) groups is 1. The lowest BCUT2D eigenvalue weighted by atomic mass is 10.1. The molecular weight excluding hydrogens is 389 g/mol. The molecular formula is C19H27Cl2N3OS. The van der Waals surface area contributed by atoms with Gasteiger partial charge in [-0.2, -0.15) is 0 Å². The van der Waals surface area contributed by atoms with Crippen molar-refractivity contribution in [3.8, 4) is 0 Å². The van der Waals surface area contributed by atoms with Crippen molar-refractivity contribution >= 4 is 52.5 Å². The zero-order chi connectivity index (χ0) is 17.6. The summed E-state index contributed by atoms with van der Waals surface area (Å²) < 4.78 is 0. The Morgan fingerprint density at radius 3 is 2.54 bits per heavy atom.